The number of aryl methyl sites for hydroxylation is 1. The first-order valence-electron chi connectivity index (χ1n) is 7.03. The van der Waals surface area contributed by atoms with Crippen LogP contribution in [-0.2, 0) is 11.2 Å². The molecule has 1 aromatic rings. The van der Waals surface area contributed by atoms with Crippen LogP contribution in [0.4, 0.5) is 0 Å². The third-order valence-corrected chi connectivity index (χ3v) is 3.29. The van der Waals surface area contributed by atoms with Crippen LogP contribution in [0.25, 0.3) is 0 Å². The van der Waals surface area contributed by atoms with Gasteiger partial charge in [0.05, 0.1) is 12.6 Å². The van der Waals surface area contributed by atoms with Gasteiger partial charge in [-0.3, -0.25) is 4.79 Å². The van der Waals surface area contributed by atoms with Gasteiger partial charge in [0.1, 0.15) is 5.15 Å². The van der Waals surface area contributed by atoms with Crippen LogP contribution in [0.1, 0.15) is 43.7 Å². The summed E-state index contributed by atoms with van der Waals surface area (Å²) in [6.45, 7) is 9.18. The molecule has 0 aromatic carbocycles. The molecule has 1 aromatic heterocycles. The topological polar surface area (TPSA) is 51.2 Å². The van der Waals surface area contributed by atoms with Gasteiger partial charge in [0.15, 0.2) is 0 Å². The highest BCUT2D eigenvalue weighted by Gasteiger charge is 2.18. The SMILES string of the molecule is CCOCC(NC(=O)c1cc(Cl)nc(CC)c1)C(C)C. The van der Waals surface area contributed by atoms with E-state index in [1.807, 2.05) is 13.8 Å². The van der Waals surface area contributed by atoms with Crippen LogP contribution in [0.5, 0.6) is 0 Å². The van der Waals surface area contributed by atoms with Crippen molar-refractivity contribution in [2.45, 2.75) is 40.2 Å². The van der Waals surface area contributed by atoms with Crippen LogP contribution in [0.2, 0.25) is 5.15 Å². The fourth-order valence-electron chi connectivity index (χ4n) is 1.76. The number of nitrogens with one attached hydrogen (secondary N) is 1. The van der Waals surface area contributed by atoms with Gasteiger partial charge in [-0.15, -0.1) is 0 Å². The number of carbonyl (C=O) groups is 1. The van der Waals surface area contributed by atoms with E-state index in [1.165, 1.54) is 0 Å². The number of hydrogen-bond acceptors (Lipinski definition) is 3. The predicted octanol–water partition coefficient (Wildman–Crippen LogP) is 3.09. The smallest absolute Gasteiger partial charge is 0.251 e. The lowest BCUT2D eigenvalue weighted by atomic mass is 10.0. The van der Waals surface area contributed by atoms with E-state index in [2.05, 4.69) is 24.1 Å². The third kappa shape index (κ3) is 5.10. The van der Waals surface area contributed by atoms with Crippen molar-refractivity contribution < 1.29 is 9.53 Å². The van der Waals surface area contributed by atoms with Crippen LogP contribution < -0.4 is 5.32 Å². The molecular formula is C15H23ClN2O2. The molecule has 1 heterocycles. The highest BCUT2D eigenvalue weighted by Crippen LogP contribution is 2.12. The van der Waals surface area contributed by atoms with Gasteiger partial charge < -0.3 is 10.1 Å². The van der Waals surface area contributed by atoms with Crippen LogP contribution in [0.3, 0.4) is 0 Å². The average Bonchev–Trinajstić information content (AvgIpc) is 2.42. The van der Waals surface area contributed by atoms with Gasteiger partial charge in [-0.25, -0.2) is 4.98 Å². The molecule has 0 aliphatic carbocycles. The van der Waals surface area contributed by atoms with Crippen molar-refractivity contribution >= 4 is 17.5 Å². The second-order valence-corrected chi connectivity index (χ2v) is 5.39. The molecule has 0 bridgehead atoms. The van der Waals surface area contributed by atoms with E-state index in [0.717, 1.165) is 12.1 Å². The number of carbonyl (C=O) groups excluding carboxylic acids is 1. The molecule has 0 aliphatic heterocycles. The molecule has 1 rings (SSSR count). The van der Waals surface area contributed by atoms with Gasteiger partial charge >= 0.3 is 0 Å². The standard InChI is InChI=1S/C15H23ClN2O2/c1-5-12-7-11(8-14(16)17-12)15(19)18-13(10(3)4)9-20-6-2/h7-8,10,13H,5-6,9H2,1-4H3,(H,18,19). The van der Waals surface area contributed by atoms with Gasteiger partial charge in [-0.2, -0.15) is 0 Å². The van der Waals surface area contributed by atoms with Crippen molar-refractivity contribution in [3.05, 3.63) is 28.5 Å². The molecule has 1 atom stereocenters. The molecule has 0 saturated heterocycles. The van der Waals surface area contributed by atoms with Crippen molar-refractivity contribution in [2.24, 2.45) is 5.92 Å². The summed E-state index contributed by atoms with van der Waals surface area (Å²) in [5, 5.41) is 3.34. The molecule has 0 aliphatic rings. The largest absolute Gasteiger partial charge is 0.380 e. The summed E-state index contributed by atoms with van der Waals surface area (Å²) in [6.07, 6.45) is 0.743. The number of aromatic nitrogens is 1. The Morgan fingerprint density at radius 2 is 2.10 bits per heavy atom. The van der Waals surface area contributed by atoms with Gasteiger partial charge in [0, 0.05) is 17.9 Å². The highest BCUT2D eigenvalue weighted by molar-refractivity contribution is 6.29. The summed E-state index contributed by atoms with van der Waals surface area (Å²) in [7, 11) is 0. The van der Waals surface area contributed by atoms with Crippen molar-refractivity contribution in [3.63, 3.8) is 0 Å². The second kappa shape index (κ2) is 8.22. The van der Waals surface area contributed by atoms with E-state index in [-0.39, 0.29) is 11.9 Å². The summed E-state index contributed by atoms with van der Waals surface area (Å²) >= 11 is 5.94. The molecule has 0 spiro atoms. The van der Waals surface area contributed by atoms with Crippen molar-refractivity contribution in [1.82, 2.24) is 10.3 Å². The molecule has 1 amide bonds. The Kier molecular flexibility index (Phi) is 6.96. The molecule has 1 unspecified atom stereocenters. The zero-order valence-corrected chi connectivity index (χ0v) is 13.3. The number of rotatable bonds is 7. The van der Waals surface area contributed by atoms with E-state index in [0.29, 0.717) is 29.8 Å². The number of halogens is 1. The van der Waals surface area contributed by atoms with Gasteiger partial charge in [-0.1, -0.05) is 32.4 Å². The van der Waals surface area contributed by atoms with Crippen molar-refractivity contribution in [2.75, 3.05) is 13.2 Å². The molecular weight excluding hydrogens is 276 g/mol. The Morgan fingerprint density at radius 3 is 2.65 bits per heavy atom. The minimum absolute atomic E-state index is 0.0144. The monoisotopic (exact) mass is 298 g/mol. The number of hydrogen-bond donors (Lipinski definition) is 1. The molecule has 112 valence electrons. The maximum atomic E-state index is 12.3. The Hall–Kier alpha value is -1.13. The fourth-order valence-corrected chi connectivity index (χ4v) is 1.99. The minimum Gasteiger partial charge on any atom is -0.380 e. The lowest BCUT2D eigenvalue weighted by molar-refractivity contribution is 0.0806. The first-order valence-corrected chi connectivity index (χ1v) is 7.40. The molecule has 0 fully saturated rings. The van der Waals surface area contributed by atoms with Gasteiger partial charge in [0.2, 0.25) is 0 Å². The Balaban J connectivity index is 2.80. The summed E-state index contributed by atoms with van der Waals surface area (Å²) in [5.74, 6) is 0.163. The van der Waals surface area contributed by atoms with Gasteiger partial charge in [-0.05, 0) is 31.4 Å². The zero-order chi connectivity index (χ0) is 15.1. The highest BCUT2D eigenvalue weighted by atomic mass is 35.5. The van der Waals surface area contributed by atoms with Crippen LogP contribution in [0, 0.1) is 5.92 Å². The molecule has 0 radical (unpaired) electrons. The fraction of sp³-hybridized carbons (Fsp3) is 0.600. The number of pyridine rings is 1. The minimum atomic E-state index is -0.137. The van der Waals surface area contributed by atoms with Crippen LogP contribution in [-0.4, -0.2) is 30.1 Å². The van der Waals surface area contributed by atoms with Crippen molar-refractivity contribution in [3.8, 4) is 0 Å². The summed E-state index contributed by atoms with van der Waals surface area (Å²) in [5.41, 5.74) is 1.36. The maximum absolute atomic E-state index is 12.3. The Bertz CT molecular complexity index is 449. The number of ether oxygens (including phenoxy) is 1. The normalized spacial score (nSPS) is 12.5. The summed E-state index contributed by atoms with van der Waals surface area (Å²) in [6, 6.07) is 3.35. The first-order chi connectivity index (χ1) is 9.47. The maximum Gasteiger partial charge on any atom is 0.251 e. The van der Waals surface area contributed by atoms with E-state index >= 15 is 0 Å². The third-order valence-electron chi connectivity index (χ3n) is 3.09. The number of nitrogens with zero attached hydrogens (tertiary/aromatic N) is 1. The molecule has 4 nitrogen and oxygen atoms in total. The van der Waals surface area contributed by atoms with Crippen molar-refractivity contribution in [1.29, 1.82) is 0 Å². The molecule has 5 heteroatoms. The van der Waals surface area contributed by atoms with E-state index < -0.39 is 0 Å². The molecule has 1 N–H and O–H groups in total. The number of amides is 1. The van der Waals surface area contributed by atoms with Gasteiger partial charge in [0.25, 0.3) is 5.91 Å². The van der Waals surface area contributed by atoms with Crippen LogP contribution >= 0.6 is 11.6 Å². The molecule has 20 heavy (non-hydrogen) atoms. The van der Waals surface area contributed by atoms with E-state index in [4.69, 9.17) is 16.3 Å². The van der Waals surface area contributed by atoms with E-state index in [1.54, 1.807) is 12.1 Å². The lowest BCUT2D eigenvalue weighted by Gasteiger charge is -2.22. The average molecular weight is 299 g/mol. The molecule has 0 saturated carbocycles. The summed E-state index contributed by atoms with van der Waals surface area (Å²) in [4.78, 5) is 16.4. The lowest BCUT2D eigenvalue weighted by Crippen LogP contribution is -2.42. The van der Waals surface area contributed by atoms with Crippen LogP contribution in [0.15, 0.2) is 12.1 Å². The Labute approximate surface area is 125 Å². The predicted molar refractivity (Wildman–Crippen MR) is 81.2 cm³/mol. The first kappa shape index (κ1) is 16.9. The summed E-state index contributed by atoms with van der Waals surface area (Å²) < 4.78 is 5.41. The van der Waals surface area contributed by atoms with E-state index in [9.17, 15) is 4.79 Å². The zero-order valence-electron chi connectivity index (χ0n) is 12.6. The quantitative estimate of drug-likeness (QED) is 0.787. The second-order valence-electron chi connectivity index (χ2n) is 5.01. The Morgan fingerprint density at radius 1 is 1.40 bits per heavy atom.